The van der Waals surface area contributed by atoms with Gasteiger partial charge in [0.1, 0.15) is 5.82 Å². The fourth-order valence-corrected chi connectivity index (χ4v) is 1.31. The van der Waals surface area contributed by atoms with Crippen molar-refractivity contribution < 1.29 is 9.18 Å². The summed E-state index contributed by atoms with van der Waals surface area (Å²) in [6.07, 6.45) is 1.34. The fourth-order valence-electron chi connectivity index (χ4n) is 1.31. The first kappa shape index (κ1) is 12.7. The van der Waals surface area contributed by atoms with E-state index in [4.69, 9.17) is 0 Å². The first-order chi connectivity index (χ1) is 9.11. The number of nitrogens with one attached hydrogen (secondary N) is 2. The molecule has 1 aromatic carbocycles. The molecule has 1 aromatic heterocycles. The summed E-state index contributed by atoms with van der Waals surface area (Å²) in [4.78, 5) is 23.8. The Hall–Kier alpha value is -2.77. The predicted molar refractivity (Wildman–Crippen MR) is 65.6 cm³/mol. The number of hydrogen-bond donors (Lipinski definition) is 2. The molecule has 0 unspecified atom stereocenters. The standard InChI is InChI=1S/C11H10FN5O2/c1-13-10(18)9-11(19)17(16-15-9)14-6-7-2-4-8(12)5-3-7/h2-6,16H,1H3,(H,13,18)/b14-6+. The number of benzene rings is 1. The Morgan fingerprint density at radius 2 is 2.16 bits per heavy atom. The fraction of sp³-hybridized carbons (Fsp3) is 0.0909. The number of aromatic amines is 1. The summed E-state index contributed by atoms with van der Waals surface area (Å²) in [6, 6.07) is 5.54. The average Bonchev–Trinajstić information content (AvgIpc) is 2.79. The number of halogens is 1. The lowest BCUT2D eigenvalue weighted by Gasteiger charge is -1.92. The highest BCUT2D eigenvalue weighted by Crippen LogP contribution is 1.99. The van der Waals surface area contributed by atoms with Gasteiger partial charge >= 0.3 is 5.56 Å². The van der Waals surface area contributed by atoms with Gasteiger partial charge in [-0.1, -0.05) is 12.1 Å². The minimum absolute atomic E-state index is 0.279. The Morgan fingerprint density at radius 1 is 1.47 bits per heavy atom. The third-order valence-corrected chi connectivity index (χ3v) is 2.29. The second-order valence-corrected chi connectivity index (χ2v) is 3.55. The van der Waals surface area contributed by atoms with Gasteiger partial charge in [-0.2, -0.15) is 10.3 Å². The molecule has 8 heteroatoms. The average molecular weight is 263 g/mol. The van der Waals surface area contributed by atoms with Gasteiger partial charge in [-0.25, -0.2) is 4.39 Å². The minimum atomic E-state index is -0.669. The Labute approximate surface area is 106 Å². The lowest BCUT2D eigenvalue weighted by Crippen LogP contribution is -2.26. The Kier molecular flexibility index (Phi) is 3.51. The summed E-state index contributed by atoms with van der Waals surface area (Å²) in [5.74, 6) is -0.963. The van der Waals surface area contributed by atoms with E-state index in [9.17, 15) is 14.0 Å². The highest BCUT2D eigenvalue weighted by atomic mass is 19.1. The van der Waals surface area contributed by atoms with Crippen molar-refractivity contribution in [2.45, 2.75) is 0 Å². The van der Waals surface area contributed by atoms with E-state index in [1.807, 2.05) is 0 Å². The molecule has 0 aliphatic carbocycles. The van der Waals surface area contributed by atoms with Crippen LogP contribution in [0.3, 0.4) is 0 Å². The monoisotopic (exact) mass is 263 g/mol. The predicted octanol–water partition coefficient (Wildman–Crippen LogP) is -0.0477. The maximum absolute atomic E-state index is 12.7. The Bertz CT molecular complexity index is 671. The Morgan fingerprint density at radius 3 is 2.79 bits per heavy atom. The number of aromatic nitrogens is 3. The van der Waals surface area contributed by atoms with Crippen LogP contribution in [0.2, 0.25) is 0 Å². The van der Waals surface area contributed by atoms with E-state index >= 15 is 0 Å². The maximum atomic E-state index is 12.7. The lowest BCUT2D eigenvalue weighted by molar-refractivity contribution is 0.0957. The van der Waals surface area contributed by atoms with Crippen molar-refractivity contribution in [3.05, 3.63) is 51.7 Å². The van der Waals surface area contributed by atoms with Gasteiger partial charge < -0.3 is 5.32 Å². The molecular formula is C11H10FN5O2. The van der Waals surface area contributed by atoms with Crippen LogP contribution in [0.1, 0.15) is 16.1 Å². The van der Waals surface area contributed by atoms with Crippen LogP contribution in [0.5, 0.6) is 0 Å². The number of carbonyl (C=O) groups is 1. The van der Waals surface area contributed by atoms with Gasteiger partial charge in [-0.3, -0.25) is 9.59 Å². The van der Waals surface area contributed by atoms with Crippen molar-refractivity contribution >= 4 is 12.1 Å². The zero-order valence-corrected chi connectivity index (χ0v) is 9.92. The molecule has 0 saturated carbocycles. The molecule has 0 bridgehead atoms. The Balaban J connectivity index is 2.25. The van der Waals surface area contributed by atoms with Gasteiger partial charge in [-0.05, 0) is 17.7 Å². The summed E-state index contributed by atoms with van der Waals surface area (Å²) in [5, 5.41) is 11.9. The van der Waals surface area contributed by atoms with Crippen molar-refractivity contribution in [3.63, 3.8) is 0 Å². The first-order valence-electron chi connectivity index (χ1n) is 5.31. The molecule has 0 atom stereocenters. The maximum Gasteiger partial charge on any atom is 0.320 e. The van der Waals surface area contributed by atoms with Crippen molar-refractivity contribution in [1.29, 1.82) is 0 Å². The van der Waals surface area contributed by atoms with Crippen LogP contribution in [0.4, 0.5) is 4.39 Å². The second-order valence-electron chi connectivity index (χ2n) is 3.55. The van der Waals surface area contributed by atoms with Gasteiger partial charge in [0, 0.05) is 7.05 Å². The van der Waals surface area contributed by atoms with Crippen molar-refractivity contribution in [2.24, 2.45) is 5.10 Å². The number of hydrogen-bond acceptors (Lipinski definition) is 4. The van der Waals surface area contributed by atoms with Gasteiger partial charge in [0.05, 0.1) is 6.21 Å². The second kappa shape index (κ2) is 5.25. The normalized spacial score (nSPS) is 10.8. The summed E-state index contributed by atoms with van der Waals surface area (Å²) >= 11 is 0. The van der Waals surface area contributed by atoms with Crippen molar-refractivity contribution in [3.8, 4) is 0 Å². The third-order valence-electron chi connectivity index (χ3n) is 2.29. The summed E-state index contributed by atoms with van der Waals surface area (Å²) in [6.45, 7) is 0. The van der Waals surface area contributed by atoms with Crippen LogP contribution in [0.25, 0.3) is 0 Å². The van der Waals surface area contributed by atoms with Gasteiger partial charge in [0.2, 0.25) is 5.69 Å². The highest BCUT2D eigenvalue weighted by Gasteiger charge is 2.14. The zero-order chi connectivity index (χ0) is 13.8. The third kappa shape index (κ3) is 2.73. The molecule has 1 amide bonds. The molecule has 1 heterocycles. The number of H-pyrrole nitrogens is 1. The number of nitrogens with zero attached hydrogens (tertiary/aromatic N) is 3. The molecule has 19 heavy (non-hydrogen) atoms. The first-order valence-corrected chi connectivity index (χ1v) is 5.31. The molecule has 2 rings (SSSR count). The summed E-state index contributed by atoms with van der Waals surface area (Å²) in [5.41, 5.74) is -0.346. The van der Waals surface area contributed by atoms with E-state index in [1.165, 1.54) is 37.5 Å². The molecule has 2 aromatic rings. The topological polar surface area (TPSA) is 92.1 Å². The number of rotatable bonds is 3. The summed E-state index contributed by atoms with van der Waals surface area (Å²) < 4.78 is 12.7. The van der Waals surface area contributed by atoms with Crippen LogP contribution in [-0.4, -0.2) is 34.3 Å². The van der Waals surface area contributed by atoms with E-state index < -0.39 is 11.5 Å². The van der Waals surface area contributed by atoms with Gasteiger partial charge in [-0.15, -0.1) is 9.89 Å². The molecule has 2 N–H and O–H groups in total. The van der Waals surface area contributed by atoms with E-state index in [0.717, 1.165) is 4.79 Å². The van der Waals surface area contributed by atoms with Gasteiger partial charge in [0.25, 0.3) is 5.91 Å². The summed E-state index contributed by atoms with van der Waals surface area (Å²) in [7, 11) is 1.39. The van der Waals surface area contributed by atoms with Gasteiger partial charge in [0.15, 0.2) is 0 Å². The molecule has 0 fully saturated rings. The number of amides is 1. The smallest absolute Gasteiger partial charge is 0.320 e. The van der Waals surface area contributed by atoms with Crippen LogP contribution in [0, 0.1) is 5.82 Å². The van der Waals surface area contributed by atoms with Crippen molar-refractivity contribution in [1.82, 2.24) is 20.4 Å². The molecule has 7 nitrogen and oxygen atoms in total. The molecular weight excluding hydrogens is 253 g/mol. The van der Waals surface area contributed by atoms with E-state index in [2.05, 4.69) is 20.7 Å². The molecule has 0 aliphatic rings. The minimum Gasteiger partial charge on any atom is -0.354 e. The SMILES string of the molecule is CNC(=O)c1n[nH]n(/N=C/c2ccc(F)cc2)c1=O. The van der Waals surface area contributed by atoms with E-state index in [-0.39, 0.29) is 11.5 Å². The molecule has 0 saturated heterocycles. The van der Waals surface area contributed by atoms with E-state index in [0.29, 0.717) is 5.56 Å². The molecule has 98 valence electrons. The highest BCUT2D eigenvalue weighted by molar-refractivity contribution is 5.91. The quantitative estimate of drug-likeness (QED) is 0.760. The molecule has 0 spiro atoms. The van der Waals surface area contributed by atoms with E-state index in [1.54, 1.807) is 0 Å². The van der Waals surface area contributed by atoms with Crippen LogP contribution >= 0.6 is 0 Å². The van der Waals surface area contributed by atoms with Crippen molar-refractivity contribution in [2.75, 3.05) is 7.05 Å². The zero-order valence-electron chi connectivity index (χ0n) is 9.92. The van der Waals surface area contributed by atoms with Crippen LogP contribution in [0.15, 0.2) is 34.2 Å². The largest absolute Gasteiger partial charge is 0.354 e. The molecule has 0 radical (unpaired) electrons. The molecule has 0 aliphatic heterocycles. The van der Waals surface area contributed by atoms with Crippen LogP contribution < -0.4 is 10.9 Å². The lowest BCUT2D eigenvalue weighted by atomic mass is 10.2. The number of carbonyl (C=O) groups excluding carboxylic acids is 1. The van der Waals surface area contributed by atoms with Crippen LogP contribution in [-0.2, 0) is 0 Å².